The normalized spacial score (nSPS) is 11.1. The average Bonchev–Trinajstić information content (AvgIpc) is 2.82. The first-order valence-electron chi connectivity index (χ1n) is 10.2. The molecule has 0 saturated heterocycles. The number of hydrogen-bond donors (Lipinski definition) is 0. The van der Waals surface area contributed by atoms with Gasteiger partial charge in [0.05, 0.1) is 0 Å². The van der Waals surface area contributed by atoms with Crippen LogP contribution in [0.2, 0.25) is 0 Å². The lowest BCUT2D eigenvalue weighted by molar-refractivity contribution is 1.68. The molecule has 0 heteroatoms. The van der Waals surface area contributed by atoms with Crippen LogP contribution in [0.25, 0.3) is 43.1 Å². The topological polar surface area (TPSA) is 0 Å². The van der Waals surface area contributed by atoms with Gasteiger partial charge in [-0.25, -0.2) is 0 Å². The molecule has 0 aliphatic heterocycles. The molecule has 0 unspecified atom stereocenters. The molecule has 0 atom stereocenters. The summed E-state index contributed by atoms with van der Waals surface area (Å²) in [6, 6.07) is 38.8. The first-order valence-corrected chi connectivity index (χ1v) is 10.2. The lowest BCUT2D eigenvalue weighted by Crippen LogP contribution is -1.82. The highest BCUT2D eigenvalue weighted by molar-refractivity contribution is 6.08. The van der Waals surface area contributed by atoms with Gasteiger partial charge in [-0.3, -0.25) is 0 Å². The highest BCUT2D eigenvalue weighted by Crippen LogP contribution is 2.27. The van der Waals surface area contributed by atoms with Gasteiger partial charge in [-0.15, -0.1) is 0 Å². The maximum absolute atomic E-state index is 3.35. The Morgan fingerprint density at radius 2 is 0.733 bits per heavy atom. The molecule has 6 aromatic carbocycles. The SMILES string of the molecule is C(#Cc1ccc2c(ccc3ccccc32)c1)c1ccc2c(ccc3ccccc32)c1. The maximum Gasteiger partial charge on any atom is 0.0255 e. The van der Waals surface area contributed by atoms with Crippen LogP contribution in [0.4, 0.5) is 0 Å². The second kappa shape index (κ2) is 6.76. The van der Waals surface area contributed by atoms with Gasteiger partial charge in [0.15, 0.2) is 0 Å². The molecule has 138 valence electrons. The molecule has 0 bridgehead atoms. The van der Waals surface area contributed by atoms with Crippen LogP contribution in [-0.4, -0.2) is 0 Å². The summed E-state index contributed by atoms with van der Waals surface area (Å²) in [7, 11) is 0. The fourth-order valence-corrected chi connectivity index (χ4v) is 4.33. The minimum Gasteiger partial charge on any atom is -0.0616 e. The van der Waals surface area contributed by atoms with Gasteiger partial charge in [-0.2, -0.15) is 0 Å². The predicted octanol–water partition coefficient (Wildman–Crippen LogP) is 7.70. The Morgan fingerprint density at radius 1 is 0.333 bits per heavy atom. The van der Waals surface area contributed by atoms with Gasteiger partial charge in [0, 0.05) is 11.1 Å². The van der Waals surface area contributed by atoms with E-state index in [0.29, 0.717) is 0 Å². The standard InChI is InChI=1S/C30H18/c1-3-7-27-23(5-1)13-15-25-19-21(11-17-29(25)27)9-10-22-12-18-30-26(20-22)16-14-24-6-2-4-8-28(24)30/h1-8,11-20H. The van der Waals surface area contributed by atoms with Crippen molar-refractivity contribution >= 4 is 43.1 Å². The van der Waals surface area contributed by atoms with Crippen LogP contribution in [0.1, 0.15) is 11.1 Å². The fraction of sp³-hybridized carbons (Fsp3) is 0. The quantitative estimate of drug-likeness (QED) is 0.188. The summed E-state index contributed by atoms with van der Waals surface area (Å²) < 4.78 is 0. The molecule has 0 radical (unpaired) electrons. The highest BCUT2D eigenvalue weighted by atomic mass is 14.1. The Balaban J connectivity index is 1.41. The molecule has 0 saturated carbocycles. The van der Waals surface area contributed by atoms with Crippen molar-refractivity contribution in [3.05, 3.63) is 120 Å². The Hall–Kier alpha value is -4.08. The molecule has 0 aliphatic rings. The third-order valence-electron chi connectivity index (χ3n) is 5.84. The second-order valence-corrected chi connectivity index (χ2v) is 7.70. The van der Waals surface area contributed by atoms with Gasteiger partial charge in [-0.05, 0) is 67.4 Å². The Labute approximate surface area is 175 Å². The van der Waals surface area contributed by atoms with E-state index in [1.165, 1.54) is 43.1 Å². The van der Waals surface area contributed by atoms with Crippen molar-refractivity contribution < 1.29 is 0 Å². The molecular weight excluding hydrogens is 360 g/mol. The molecule has 0 heterocycles. The van der Waals surface area contributed by atoms with E-state index in [2.05, 4.69) is 121 Å². The van der Waals surface area contributed by atoms with Gasteiger partial charge < -0.3 is 0 Å². The van der Waals surface area contributed by atoms with Crippen molar-refractivity contribution in [3.8, 4) is 11.8 Å². The molecular formula is C30H18. The molecule has 0 N–H and O–H groups in total. The van der Waals surface area contributed by atoms with Crippen molar-refractivity contribution in [1.29, 1.82) is 0 Å². The van der Waals surface area contributed by atoms with E-state index in [9.17, 15) is 0 Å². The summed E-state index contributed by atoms with van der Waals surface area (Å²) in [6.45, 7) is 0. The summed E-state index contributed by atoms with van der Waals surface area (Å²) in [5.74, 6) is 6.71. The smallest absolute Gasteiger partial charge is 0.0255 e. The molecule has 0 aliphatic carbocycles. The second-order valence-electron chi connectivity index (χ2n) is 7.70. The summed E-state index contributed by atoms with van der Waals surface area (Å²) in [5, 5.41) is 10.1. The highest BCUT2D eigenvalue weighted by Gasteiger charge is 2.02. The zero-order valence-corrected chi connectivity index (χ0v) is 16.4. The first kappa shape index (κ1) is 16.8. The first-order chi connectivity index (χ1) is 14.8. The number of fused-ring (bicyclic) bond motifs is 6. The number of hydrogen-bond acceptors (Lipinski definition) is 0. The van der Waals surface area contributed by atoms with Crippen LogP contribution in [0.5, 0.6) is 0 Å². The van der Waals surface area contributed by atoms with Gasteiger partial charge in [0.1, 0.15) is 0 Å². The van der Waals surface area contributed by atoms with E-state index in [-0.39, 0.29) is 0 Å². The Kier molecular flexibility index (Phi) is 3.79. The van der Waals surface area contributed by atoms with E-state index in [0.717, 1.165) is 11.1 Å². The zero-order chi connectivity index (χ0) is 19.9. The minimum atomic E-state index is 1.04. The molecule has 30 heavy (non-hydrogen) atoms. The van der Waals surface area contributed by atoms with E-state index >= 15 is 0 Å². The van der Waals surface area contributed by atoms with E-state index in [1.54, 1.807) is 0 Å². The Bertz CT molecular complexity index is 1520. The molecule has 0 aromatic heterocycles. The molecule has 6 aromatic rings. The largest absolute Gasteiger partial charge is 0.0616 e. The monoisotopic (exact) mass is 378 g/mol. The third kappa shape index (κ3) is 2.81. The zero-order valence-electron chi connectivity index (χ0n) is 16.4. The van der Waals surface area contributed by atoms with Crippen molar-refractivity contribution in [3.63, 3.8) is 0 Å². The van der Waals surface area contributed by atoms with Crippen LogP contribution < -0.4 is 0 Å². The summed E-state index contributed by atoms with van der Waals surface area (Å²) in [6.07, 6.45) is 0. The summed E-state index contributed by atoms with van der Waals surface area (Å²) >= 11 is 0. The molecule has 0 nitrogen and oxygen atoms in total. The van der Waals surface area contributed by atoms with Crippen LogP contribution in [0.15, 0.2) is 109 Å². The van der Waals surface area contributed by atoms with Crippen molar-refractivity contribution in [1.82, 2.24) is 0 Å². The molecule has 0 fully saturated rings. The lowest BCUT2D eigenvalue weighted by Gasteiger charge is -2.05. The molecule has 0 spiro atoms. The summed E-state index contributed by atoms with van der Waals surface area (Å²) in [4.78, 5) is 0. The van der Waals surface area contributed by atoms with E-state index < -0.39 is 0 Å². The third-order valence-corrected chi connectivity index (χ3v) is 5.84. The van der Waals surface area contributed by atoms with Crippen molar-refractivity contribution in [2.24, 2.45) is 0 Å². The van der Waals surface area contributed by atoms with E-state index in [4.69, 9.17) is 0 Å². The minimum absolute atomic E-state index is 1.04. The van der Waals surface area contributed by atoms with Gasteiger partial charge in [0.2, 0.25) is 0 Å². The van der Waals surface area contributed by atoms with Gasteiger partial charge in [0.25, 0.3) is 0 Å². The molecule has 0 amide bonds. The van der Waals surface area contributed by atoms with Gasteiger partial charge in [-0.1, -0.05) is 96.8 Å². The Morgan fingerprint density at radius 3 is 1.23 bits per heavy atom. The fourth-order valence-electron chi connectivity index (χ4n) is 4.33. The van der Waals surface area contributed by atoms with Crippen molar-refractivity contribution in [2.75, 3.05) is 0 Å². The van der Waals surface area contributed by atoms with Crippen LogP contribution >= 0.6 is 0 Å². The summed E-state index contributed by atoms with van der Waals surface area (Å²) in [5.41, 5.74) is 2.08. The molecule has 6 rings (SSSR count). The predicted molar refractivity (Wildman–Crippen MR) is 129 cm³/mol. The maximum atomic E-state index is 3.35. The van der Waals surface area contributed by atoms with Gasteiger partial charge >= 0.3 is 0 Å². The van der Waals surface area contributed by atoms with E-state index in [1.807, 2.05) is 0 Å². The van der Waals surface area contributed by atoms with Crippen molar-refractivity contribution in [2.45, 2.75) is 0 Å². The number of rotatable bonds is 0. The number of benzene rings is 6. The van der Waals surface area contributed by atoms with Crippen LogP contribution in [0, 0.1) is 11.8 Å². The lowest BCUT2D eigenvalue weighted by atomic mass is 9.99. The average molecular weight is 378 g/mol. The van der Waals surface area contributed by atoms with Crippen LogP contribution in [0.3, 0.4) is 0 Å². The van der Waals surface area contributed by atoms with Crippen LogP contribution in [-0.2, 0) is 0 Å².